The quantitative estimate of drug-likeness (QED) is 0.502. The first-order chi connectivity index (χ1) is 13.1. The summed E-state index contributed by atoms with van der Waals surface area (Å²) in [5.41, 5.74) is 0.772. The van der Waals surface area contributed by atoms with Gasteiger partial charge >= 0.3 is 6.09 Å². The van der Waals surface area contributed by atoms with Crippen molar-refractivity contribution in [2.24, 2.45) is 0 Å². The lowest BCUT2D eigenvalue weighted by Crippen LogP contribution is -2.26. The van der Waals surface area contributed by atoms with Crippen LogP contribution in [0.3, 0.4) is 0 Å². The molecule has 1 aliphatic heterocycles. The minimum absolute atomic E-state index is 0.00266. The minimum atomic E-state index is -0.468. The van der Waals surface area contributed by atoms with Gasteiger partial charge in [0, 0.05) is 17.8 Å². The van der Waals surface area contributed by atoms with Crippen LogP contribution in [-0.4, -0.2) is 30.3 Å². The van der Waals surface area contributed by atoms with Gasteiger partial charge in [0.1, 0.15) is 12.4 Å². The summed E-state index contributed by atoms with van der Waals surface area (Å²) in [5, 5.41) is 12.8. The number of hydrogen-bond donors (Lipinski definition) is 0. The lowest BCUT2D eigenvalue weighted by Gasteiger charge is -2.14. The molecule has 1 heterocycles. The Labute approximate surface area is 154 Å². The van der Waals surface area contributed by atoms with E-state index in [9.17, 15) is 14.9 Å². The van der Waals surface area contributed by atoms with E-state index in [0.717, 1.165) is 16.5 Å². The third-order valence-corrected chi connectivity index (χ3v) is 4.40. The fourth-order valence-corrected chi connectivity index (χ4v) is 3.02. The van der Waals surface area contributed by atoms with Crippen molar-refractivity contribution in [2.45, 2.75) is 6.10 Å². The van der Waals surface area contributed by atoms with Gasteiger partial charge in [-0.3, -0.25) is 15.0 Å². The molecule has 0 saturated carbocycles. The summed E-state index contributed by atoms with van der Waals surface area (Å²) in [7, 11) is 0. The van der Waals surface area contributed by atoms with Gasteiger partial charge in [-0.1, -0.05) is 30.3 Å². The van der Waals surface area contributed by atoms with Gasteiger partial charge in [-0.25, -0.2) is 4.79 Å². The van der Waals surface area contributed by atoms with E-state index in [1.165, 1.54) is 24.3 Å². The Morgan fingerprint density at radius 2 is 1.81 bits per heavy atom. The number of nitro benzene ring substituents is 1. The van der Waals surface area contributed by atoms with Gasteiger partial charge < -0.3 is 9.47 Å². The molecule has 1 unspecified atom stereocenters. The van der Waals surface area contributed by atoms with Gasteiger partial charge in [-0.05, 0) is 35.0 Å². The van der Waals surface area contributed by atoms with E-state index < -0.39 is 17.1 Å². The number of hydrogen-bond acceptors (Lipinski definition) is 5. The molecule has 1 atom stereocenters. The van der Waals surface area contributed by atoms with Gasteiger partial charge in [0.15, 0.2) is 6.10 Å². The molecule has 0 aliphatic carbocycles. The molecule has 136 valence electrons. The van der Waals surface area contributed by atoms with Gasteiger partial charge in [0.05, 0.1) is 11.5 Å². The molecule has 1 saturated heterocycles. The zero-order chi connectivity index (χ0) is 18.8. The van der Waals surface area contributed by atoms with E-state index in [-0.39, 0.29) is 12.3 Å². The van der Waals surface area contributed by atoms with Crippen LogP contribution in [0.5, 0.6) is 5.75 Å². The first kappa shape index (κ1) is 16.8. The number of nitro groups is 1. The molecule has 4 rings (SSSR count). The standard InChI is InChI=1S/C20H16N2O5/c23-20-21(17-6-5-14-3-1-2-4-15(14)11-17)12-19(27-20)13-26-18-9-7-16(8-10-18)22(24)25/h1-11,19H,12-13H2. The summed E-state index contributed by atoms with van der Waals surface area (Å²) in [6, 6.07) is 19.5. The van der Waals surface area contributed by atoms with Crippen LogP contribution in [0.2, 0.25) is 0 Å². The van der Waals surface area contributed by atoms with Crippen LogP contribution in [0.15, 0.2) is 66.7 Å². The van der Waals surface area contributed by atoms with Crippen LogP contribution < -0.4 is 9.64 Å². The van der Waals surface area contributed by atoms with Crippen LogP contribution in [0.4, 0.5) is 16.2 Å². The van der Waals surface area contributed by atoms with E-state index >= 15 is 0 Å². The lowest BCUT2D eigenvalue weighted by molar-refractivity contribution is -0.384. The molecule has 1 amide bonds. The number of fused-ring (bicyclic) bond motifs is 1. The molecule has 3 aromatic rings. The van der Waals surface area contributed by atoms with Crippen molar-refractivity contribution in [3.63, 3.8) is 0 Å². The second-order valence-corrected chi connectivity index (χ2v) is 6.21. The third kappa shape index (κ3) is 3.52. The van der Waals surface area contributed by atoms with E-state index in [4.69, 9.17) is 9.47 Å². The summed E-state index contributed by atoms with van der Waals surface area (Å²) in [6.45, 7) is 0.553. The molecule has 0 radical (unpaired) electrons. The molecule has 3 aromatic carbocycles. The van der Waals surface area contributed by atoms with E-state index in [1.807, 2.05) is 42.5 Å². The normalized spacial score (nSPS) is 16.4. The van der Waals surface area contributed by atoms with Crippen LogP contribution in [0.25, 0.3) is 10.8 Å². The Kier molecular flexibility index (Phi) is 4.33. The molecule has 27 heavy (non-hydrogen) atoms. The highest BCUT2D eigenvalue weighted by Gasteiger charge is 2.32. The van der Waals surface area contributed by atoms with Gasteiger partial charge in [0.25, 0.3) is 5.69 Å². The van der Waals surface area contributed by atoms with Crippen molar-refractivity contribution in [2.75, 3.05) is 18.1 Å². The van der Waals surface area contributed by atoms with E-state index in [0.29, 0.717) is 12.3 Å². The van der Waals surface area contributed by atoms with Crippen LogP contribution >= 0.6 is 0 Å². The second-order valence-electron chi connectivity index (χ2n) is 6.21. The minimum Gasteiger partial charge on any atom is -0.490 e. The maximum atomic E-state index is 12.2. The maximum Gasteiger partial charge on any atom is 0.414 e. The Balaban J connectivity index is 1.41. The maximum absolute atomic E-state index is 12.2. The second kappa shape index (κ2) is 6.95. The van der Waals surface area contributed by atoms with Gasteiger partial charge in [-0.15, -0.1) is 0 Å². The molecular formula is C20H16N2O5. The van der Waals surface area contributed by atoms with Crippen molar-refractivity contribution in [1.29, 1.82) is 0 Å². The van der Waals surface area contributed by atoms with Crippen molar-refractivity contribution in [3.05, 3.63) is 76.8 Å². The van der Waals surface area contributed by atoms with Gasteiger partial charge in [0.2, 0.25) is 0 Å². The molecule has 0 bridgehead atoms. The fourth-order valence-electron chi connectivity index (χ4n) is 3.02. The number of non-ortho nitro benzene ring substituents is 1. The first-order valence-corrected chi connectivity index (χ1v) is 8.44. The largest absolute Gasteiger partial charge is 0.490 e. The summed E-state index contributed by atoms with van der Waals surface area (Å²) >= 11 is 0. The monoisotopic (exact) mass is 364 g/mol. The van der Waals surface area contributed by atoms with Gasteiger partial charge in [-0.2, -0.15) is 0 Å². The molecular weight excluding hydrogens is 348 g/mol. The molecule has 1 fully saturated rings. The summed E-state index contributed by atoms with van der Waals surface area (Å²) in [6.07, 6.45) is -0.832. The molecule has 7 heteroatoms. The van der Waals surface area contributed by atoms with Crippen molar-refractivity contribution in [1.82, 2.24) is 0 Å². The number of anilines is 1. The number of rotatable bonds is 5. The van der Waals surface area contributed by atoms with Crippen molar-refractivity contribution in [3.8, 4) is 5.75 Å². The highest BCUT2D eigenvalue weighted by molar-refractivity contribution is 5.94. The number of nitrogens with zero attached hydrogens (tertiary/aromatic N) is 2. The smallest absolute Gasteiger partial charge is 0.414 e. The fraction of sp³-hybridized carbons (Fsp3) is 0.150. The van der Waals surface area contributed by atoms with Crippen LogP contribution in [-0.2, 0) is 4.74 Å². The topological polar surface area (TPSA) is 81.9 Å². The molecule has 7 nitrogen and oxygen atoms in total. The molecule has 0 aromatic heterocycles. The van der Waals surface area contributed by atoms with E-state index in [1.54, 1.807) is 4.90 Å². The predicted molar refractivity (Wildman–Crippen MR) is 100 cm³/mol. The Hall–Kier alpha value is -3.61. The first-order valence-electron chi connectivity index (χ1n) is 8.44. The van der Waals surface area contributed by atoms with Crippen molar-refractivity contribution >= 4 is 28.2 Å². The zero-order valence-electron chi connectivity index (χ0n) is 14.3. The highest BCUT2D eigenvalue weighted by atomic mass is 16.6. The number of cyclic esters (lactones) is 1. The SMILES string of the molecule is O=C1OC(COc2ccc([N+](=O)[O-])cc2)CN1c1ccc2ccccc2c1. The van der Waals surface area contributed by atoms with Crippen LogP contribution in [0, 0.1) is 10.1 Å². The summed E-state index contributed by atoms with van der Waals surface area (Å²) in [4.78, 5) is 24.0. The number of benzene rings is 3. The zero-order valence-corrected chi connectivity index (χ0v) is 14.3. The Bertz CT molecular complexity index is 1000. The number of amides is 1. The number of carbonyl (C=O) groups excluding carboxylic acids is 1. The summed E-state index contributed by atoms with van der Waals surface area (Å²) < 4.78 is 11.0. The predicted octanol–water partition coefficient (Wildman–Crippen LogP) is 4.15. The number of ether oxygens (including phenoxy) is 2. The average Bonchev–Trinajstić information content (AvgIpc) is 3.07. The molecule has 0 N–H and O–H groups in total. The lowest BCUT2D eigenvalue weighted by atomic mass is 10.1. The van der Waals surface area contributed by atoms with Crippen LogP contribution in [0.1, 0.15) is 0 Å². The summed E-state index contributed by atoms with van der Waals surface area (Å²) in [5.74, 6) is 0.487. The molecule has 0 spiro atoms. The van der Waals surface area contributed by atoms with Crippen molar-refractivity contribution < 1.29 is 19.2 Å². The number of carbonyl (C=O) groups is 1. The Morgan fingerprint density at radius 3 is 2.56 bits per heavy atom. The molecule has 1 aliphatic rings. The Morgan fingerprint density at radius 1 is 1.07 bits per heavy atom. The highest BCUT2D eigenvalue weighted by Crippen LogP contribution is 2.26. The van der Waals surface area contributed by atoms with E-state index in [2.05, 4.69) is 0 Å². The average molecular weight is 364 g/mol. The third-order valence-electron chi connectivity index (χ3n) is 4.40.